The number of hydrogen-bond acceptors (Lipinski definition) is 4. The van der Waals surface area contributed by atoms with Crippen LogP contribution >= 0.6 is 0 Å². The Bertz CT molecular complexity index is 790. The van der Waals surface area contributed by atoms with Crippen LogP contribution in [0.3, 0.4) is 0 Å². The number of halogens is 1. The van der Waals surface area contributed by atoms with E-state index in [0.717, 1.165) is 37.4 Å². The van der Waals surface area contributed by atoms with Gasteiger partial charge in [-0.3, -0.25) is 4.98 Å². The second kappa shape index (κ2) is 6.37. The van der Waals surface area contributed by atoms with Crippen LogP contribution in [0.4, 0.5) is 4.39 Å². The maximum atomic E-state index is 13.3. The van der Waals surface area contributed by atoms with Gasteiger partial charge in [0.15, 0.2) is 0 Å². The van der Waals surface area contributed by atoms with E-state index in [0.29, 0.717) is 13.1 Å². The van der Waals surface area contributed by atoms with Crippen molar-refractivity contribution < 1.29 is 12.8 Å². The molecule has 0 amide bonds. The predicted octanol–water partition coefficient (Wildman–Crippen LogP) is 1.83. The SMILES string of the molecule is CCc1nccn1C[C@H]1CCCN1S(=O)(=O)c1cncc(F)c1. The molecule has 1 atom stereocenters. The zero-order valence-electron chi connectivity index (χ0n) is 12.9. The largest absolute Gasteiger partial charge is 0.333 e. The molecule has 8 heteroatoms. The van der Waals surface area contributed by atoms with Gasteiger partial charge < -0.3 is 4.57 Å². The highest BCUT2D eigenvalue weighted by atomic mass is 32.2. The molecule has 2 aromatic rings. The van der Waals surface area contributed by atoms with Gasteiger partial charge in [0, 0.05) is 44.1 Å². The number of rotatable bonds is 5. The molecule has 2 aromatic heterocycles. The molecule has 0 bridgehead atoms. The Morgan fingerprint density at radius 3 is 2.96 bits per heavy atom. The molecule has 0 aliphatic carbocycles. The fourth-order valence-electron chi connectivity index (χ4n) is 3.02. The van der Waals surface area contributed by atoms with Crippen LogP contribution in [-0.4, -0.2) is 39.8 Å². The van der Waals surface area contributed by atoms with Crippen LogP contribution < -0.4 is 0 Å². The molecule has 3 heterocycles. The first-order chi connectivity index (χ1) is 11.0. The summed E-state index contributed by atoms with van der Waals surface area (Å²) in [5.74, 6) is 0.284. The quantitative estimate of drug-likeness (QED) is 0.834. The van der Waals surface area contributed by atoms with Crippen molar-refractivity contribution in [1.82, 2.24) is 18.8 Å². The predicted molar refractivity (Wildman–Crippen MR) is 82.7 cm³/mol. The number of pyridine rings is 1. The lowest BCUT2D eigenvalue weighted by atomic mass is 10.2. The minimum Gasteiger partial charge on any atom is -0.333 e. The molecule has 0 aromatic carbocycles. The van der Waals surface area contributed by atoms with E-state index in [1.54, 1.807) is 6.20 Å². The molecule has 0 saturated carbocycles. The van der Waals surface area contributed by atoms with Crippen molar-refractivity contribution >= 4 is 10.0 Å². The second-order valence-electron chi connectivity index (χ2n) is 5.60. The van der Waals surface area contributed by atoms with Crippen LogP contribution in [0, 0.1) is 5.82 Å². The van der Waals surface area contributed by atoms with Gasteiger partial charge in [0.1, 0.15) is 16.5 Å². The van der Waals surface area contributed by atoms with Gasteiger partial charge in [-0.25, -0.2) is 17.8 Å². The van der Waals surface area contributed by atoms with Gasteiger partial charge in [-0.05, 0) is 18.9 Å². The van der Waals surface area contributed by atoms with Crippen LogP contribution in [0.1, 0.15) is 25.6 Å². The summed E-state index contributed by atoms with van der Waals surface area (Å²) in [6.45, 7) is 3.02. The van der Waals surface area contributed by atoms with Crippen molar-refractivity contribution in [2.45, 2.75) is 43.7 Å². The normalized spacial score (nSPS) is 19.3. The Morgan fingerprint density at radius 2 is 2.22 bits per heavy atom. The first-order valence-electron chi connectivity index (χ1n) is 7.64. The van der Waals surface area contributed by atoms with Gasteiger partial charge in [0.25, 0.3) is 0 Å². The number of aromatic nitrogens is 3. The Morgan fingerprint density at radius 1 is 1.39 bits per heavy atom. The molecular formula is C15H19FN4O2S. The van der Waals surface area contributed by atoms with Crippen molar-refractivity contribution in [3.63, 3.8) is 0 Å². The highest BCUT2D eigenvalue weighted by Crippen LogP contribution is 2.27. The molecule has 6 nitrogen and oxygen atoms in total. The standard InChI is InChI=1S/C15H19FN4O2S/c1-2-15-18-5-7-19(15)11-13-4-3-6-20(13)23(21,22)14-8-12(16)9-17-10-14/h5,7-10,13H,2-4,6,11H2,1H3/t13-/m1/s1. The van der Waals surface area contributed by atoms with E-state index in [4.69, 9.17) is 0 Å². The van der Waals surface area contributed by atoms with Crippen molar-refractivity contribution in [1.29, 1.82) is 0 Å². The molecule has 124 valence electrons. The maximum Gasteiger partial charge on any atom is 0.245 e. The van der Waals surface area contributed by atoms with E-state index in [9.17, 15) is 12.8 Å². The minimum atomic E-state index is -3.74. The molecule has 1 saturated heterocycles. The molecule has 0 spiro atoms. The average molecular weight is 338 g/mol. The third-order valence-corrected chi connectivity index (χ3v) is 6.05. The lowest BCUT2D eigenvalue weighted by Gasteiger charge is -2.24. The van der Waals surface area contributed by atoms with Crippen molar-refractivity contribution in [3.05, 3.63) is 42.5 Å². The summed E-state index contributed by atoms with van der Waals surface area (Å²) in [7, 11) is -3.74. The fraction of sp³-hybridized carbons (Fsp3) is 0.467. The van der Waals surface area contributed by atoms with Crippen molar-refractivity contribution in [2.24, 2.45) is 0 Å². The Balaban J connectivity index is 1.86. The molecule has 3 rings (SSSR count). The maximum absolute atomic E-state index is 13.3. The third kappa shape index (κ3) is 3.13. The van der Waals surface area contributed by atoms with Gasteiger partial charge in [0.05, 0.1) is 6.20 Å². The topological polar surface area (TPSA) is 68.1 Å². The van der Waals surface area contributed by atoms with Crippen LogP contribution in [0.15, 0.2) is 35.7 Å². The van der Waals surface area contributed by atoms with Crippen molar-refractivity contribution in [2.75, 3.05) is 6.54 Å². The summed E-state index contributed by atoms with van der Waals surface area (Å²) in [6, 6.07) is 0.870. The first-order valence-corrected chi connectivity index (χ1v) is 9.08. The number of hydrogen-bond donors (Lipinski definition) is 0. The molecule has 1 aliphatic rings. The summed E-state index contributed by atoms with van der Waals surface area (Å²) in [5, 5.41) is 0. The molecule has 23 heavy (non-hydrogen) atoms. The highest BCUT2D eigenvalue weighted by molar-refractivity contribution is 7.89. The molecular weight excluding hydrogens is 319 g/mol. The summed E-state index contributed by atoms with van der Waals surface area (Å²) in [4.78, 5) is 7.83. The molecule has 0 unspecified atom stereocenters. The van der Waals surface area contributed by atoms with Crippen LogP contribution in [0.5, 0.6) is 0 Å². The summed E-state index contributed by atoms with van der Waals surface area (Å²) in [5.41, 5.74) is 0. The van der Waals surface area contributed by atoms with Gasteiger partial charge in [0.2, 0.25) is 10.0 Å². The van der Waals surface area contributed by atoms with Crippen LogP contribution in [0.2, 0.25) is 0 Å². The first kappa shape index (κ1) is 16.1. The zero-order chi connectivity index (χ0) is 16.4. The van der Waals surface area contributed by atoms with E-state index < -0.39 is 15.8 Å². The lowest BCUT2D eigenvalue weighted by molar-refractivity contribution is 0.348. The van der Waals surface area contributed by atoms with Gasteiger partial charge in [-0.2, -0.15) is 4.31 Å². The average Bonchev–Trinajstić information content (AvgIpc) is 3.17. The zero-order valence-corrected chi connectivity index (χ0v) is 13.7. The Hall–Kier alpha value is -1.80. The third-order valence-electron chi connectivity index (χ3n) is 4.13. The van der Waals surface area contributed by atoms with Crippen molar-refractivity contribution in [3.8, 4) is 0 Å². The van der Waals surface area contributed by atoms with E-state index in [-0.39, 0.29) is 10.9 Å². The van der Waals surface area contributed by atoms with Gasteiger partial charge in [-0.15, -0.1) is 0 Å². The number of sulfonamides is 1. The minimum absolute atomic E-state index is 0.0919. The fourth-order valence-corrected chi connectivity index (χ4v) is 4.69. The highest BCUT2D eigenvalue weighted by Gasteiger charge is 2.36. The monoisotopic (exact) mass is 338 g/mol. The Labute approximate surface area is 135 Å². The molecule has 1 fully saturated rings. The van der Waals surface area contributed by atoms with Gasteiger partial charge >= 0.3 is 0 Å². The van der Waals surface area contributed by atoms with Crippen LogP contribution in [0.25, 0.3) is 0 Å². The lowest BCUT2D eigenvalue weighted by Crippen LogP contribution is -2.38. The molecule has 0 N–H and O–H groups in total. The van der Waals surface area contributed by atoms with E-state index in [1.807, 2.05) is 17.7 Å². The smallest absolute Gasteiger partial charge is 0.245 e. The number of nitrogens with zero attached hydrogens (tertiary/aromatic N) is 4. The number of imidazole rings is 1. The van der Waals surface area contributed by atoms with Gasteiger partial charge in [-0.1, -0.05) is 6.92 Å². The molecule has 1 aliphatic heterocycles. The van der Waals surface area contributed by atoms with E-state index >= 15 is 0 Å². The summed E-state index contributed by atoms with van der Waals surface area (Å²) in [6.07, 6.45) is 8.16. The van der Waals surface area contributed by atoms with E-state index in [1.165, 1.54) is 10.5 Å². The molecule has 0 radical (unpaired) electrons. The summed E-state index contributed by atoms with van der Waals surface area (Å²) >= 11 is 0. The summed E-state index contributed by atoms with van der Waals surface area (Å²) < 4.78 is 42.3. The van der Waals surface area contributed by atoms with Crippen LogP contribution in [-0.2, 0) is 23.0 Å². The number of aryl methyl sites for hydroxylation is 1. The Kier molecular flexibility index (Phi) is 4.45. The van der Waals surface area contributed by atoms with E-state index in [2.05, 4.69) is 9.97 Å². The second-order valence-corrected chi connectivity index (χ2v) is 7.49.